The number of halogens is 4. The fraction of sp³-hybridized carbons (Fsp3) is 0.200. The number of fused-ring (bicyclic) bond motifs is 1. The third kappa shape index (κ3) is 5.30. The number of nitrogens with zero attached hydrogens (tertiary/aromatic N) is 2. The molecule has 0 saturated carbocycles. The van der Waals surface area contributed by atoms with E-state index >= 15 is 0 Å². The van der Waals surface area contributed by atoms with Gasteiger partial charge < -0.3 is 9.88 Å². The molecule has 1 amide bonds. The topological polar surface area (TPSA) is 46.9 Å². The Morgan fingerprint density at radius 1 is 0.939 bits per heavy atom. The summed E-state index contributed by atoms with van der Waals surface area (Å²) in [5, 5.41) is 4.95. The molecular formula is C25H21Cl4N3O. The van der Waals surface area contributed by atoms with E-state index in [-0.39, 0.29) is 5.91 Å². The molecule has 0 aliphatic rings. The first-order valence-electron chi connectivity index (χ1n) is 10.5. The molecular weight excluding hydrogens is 500 g/mol. The summed E-state index contributed by atoms with van der Waals surface area (Å²) in [5.41, 5.74) is 3.89. The molecule has 4 rings (SSSR count). The van der Waals surface area contributed by atoms with Crippen molar-refractivity contribution in [2.75, 3.05) is 0 Å². The molecule has 4 aromatic rings. The third-order valence-corrected chi connectivity index (χ3v) is 6.70. The lowest BCUT2D eigenvalue weighted by Crippen LogP contribution is -2.22. The number of rotatable bonds is 7. The van der Waals surface area contributed by atoms with E-state index in [0.29, 0.717) is 32.2 Å². The van der Waals surface area contributed by atoms with Crippen molar-refractivity contribution in [1.82, 2.24) is 14.9 Å². The number of aryl methyl sites for hydroxylation is 1. The van der Waals surface area contributed by atoms with Gasteiger partial charge in [-0.15, -0.1) is 0 Å². The van der Waals surface area contributed by atoms with E-state index in [1.54, 1.807) is 30.3 Å². The monoisotopic (exact) mass is 519 g/mol. The predicted molar refractivity (Wildman–Crippen MR) is 138 cm³/mol. The highest BCUT2D eigenvalue weighted by Crippen LogP contribution is 2.31. The molecule has 8 heteroatoms. The van der Waals surface area contributed by atoms with Crippen LogP contribution in [0.5, 0.6) is 0 Å². The van der Waals surface area contributed by atoms with E-state index in [1.165, 1.54) is 0 Å². The summed E-state index contributed by atoms with van der Waals surface area (Å²) < 4.78 is 2.16. The predicted octanol–water partition coefficient (Wildman–Crippen LogP) is 8.05. The summed E-state index contributed by atoms with van der Waals surface area (Å²) >= 11 is 24.5. The van der Waals surface area contributed by atoms with Crippen LogP contribution in [0.4, 0.5) is 0 Å². The van der Waals surface area contributed by atoms with Gasteiger partial charge in [0, 0.05) is 34.3 Å². The number of nitrogens with one attached hydrogen (secondary N) is 1. The number of carbonyl (C=O) groups is 1. The van der Waals surface area contributed by atoms with Crippen LogP contribution in [0.1, 0.15) is 35.7 Å². The van der Waals surface area contributed by atoms with Crippen LogP contribution in [0.2, 0.25) is 20.1 Å². The molecule has 0 aliphatic carbocycles. The Hall–Kier alpha value is -2.24. The largest absolute Gasteiger partial charge is 0.348 e. The highest BCUT2D eigenvalue weighted by molar-refractivity contribution is 6.42. The molecule has 0 aliphatic heterocycles. The van der Waals surface area contributed by atoms with Crippen molar-refractivity contribution in [3.8, 4) is 11.4 Å². The number of amides is 1. The van der Waals surface area contributed by atoms with Crippen molar-refractivity contribution in [3.63, 3.8) is 0 Å². The molecule has 0 bridgehead atoms. The molecule has 4 nitrogen and oxygen atoms in total. The van der Waals surface area contributed by atoms with E-state index in [0.717, 1.165) is 47.4 Å². The van der Waals surface area contributed by atoms with E-state index in [9.17, 15) is 4.79 Å². The van der Waals surface area contributed by atoms with E-state index in [2.05, 4.69) is 16.8 Å². The van der Waals surface area contributed by atoms with Gasteiger partial charge in [-0.25, -0.2) is 4.98 Å². The van der Waals surface area contributed by atoms with E-state index < -0.39 is 0 Å². The van der Waals surface area contributed by atoms with Crippen molar-refractivity contribution < 1.29 is 4.79 Å². The van der Waals surface area contributed by atoms with Crippen LogP contribution < -0.4 is 5.32 Å². The SMILES string of the molecule is CCCCn1c(-c2ccc(Cl)c(Cl)c2)nc2cc(C(=O)NCc3ccc(Cl)cc3Cl)ccc21. The number of carbonyl (C=O) groups excluding carboxylic acids is 1. The van der Waals surface area contributed by atoms with Gasteiger partial charge in [-0.3, -0.25) is 4.79 Å². The van der Waals surface area contributed by atoms with Gasteiger partial charge in [-0.2, -0.15) is 0 Å². The molecule has 1 aromatic heterocycles. The highest BCUT2D eigenvalue weighted by Gasteiger charge is 2.16. The third-order valence-electron chi connectivity index (χ3n) is 5.38. The number of imidazole rings is 1. The Morgan fingerprint density at radius 3 is 2.48 bits per heavy atom. The van der Waals surface area contributed by atoms with Gasteiger partial charge in [0.05, 0.1) is 21.1 Å². The maximum atomic E-state index is 12.8. The van der Waals surface area contributed by atoms with Gasteiger partial charge in [-0.1, -0.05) is 65.8 Å². The molecule has 0 spiro atoms. The summed E-state index contributed by atoms with van der Waals surface area (Å²) in [7, 11) is 0. The average Bonchev–Trinajstić information content (AvgIpc) is 3.16. The van der Waals surface area contributed by atoms with Crippen LogP contribution in [-0.2, 0) is 13.1 Å². The van der Waals surface area contributed by atoms with Crippen molar-refractivity contribution in [3.05, 3.63) is 85.8 Å². The standard InChI is InChI=1S/C25H21Cl4N3O/c1-2-3-10-32-23-9-6-16(25(33)30-14-17-4-7-18(26)13-20(17)28)12-22(23)31-24(32)15-5-8-19(27)21(29)11-15/h4-9,11-13H,2-3,10,14H2,1H3,(H,30,33). The molecule has 1 N–H and O–H groups in total. The molecule has 0 unspecified atom stereocenters. The normalized spacial score (nSPS) is 11.2. The van der Waals surface area contributed by atoms with E-state index in [1.807, 2.05) is 24.3 Å². The van der Waals surface area contributed by atoms with Crippen molar-refractivity contribution in [2.24, 2.45) is 0 Å². The van der Waals surface area contributed by atoms with Gasteiger partial charge in [0.2, 0.25) is 0 Å². The minimum Gasteiger partial charge on any atom is -0.348 e. The van der Waals surface area contributed by atoms with Crippen LogP contribution in [0.3, 0.4) is 0 Å². The molecule has 0 saturated heterocycles. The van der Waals surface area contributed by atoms with Crippen LogP contribution in [0.15, 0.2) is 54.6 Å². The maximum Gasteiger partial charge on any atom is 0.251 e. The lowest BCUT2D eigenvalue weighted by molar-refractivity contribution is 0.0951. The van der Waals surface area contributed by atoms with Crippen LogP contribution in [0, 0.1) is 0 Å². The second-order valence-electron chi connectivity index (χ2n) is 7.69. The zero-order valence-electron chi connectivity index (χ0n) is 17.8. The summed E-state index contributed by atoms with van der Waals surface area (Å²) in [6.07, 6.45) is 2.05. The summed E-state index contributed by atoms with van der Waals surface area (Å²) in [6, 6.07) is 16.2. The average molecular weight is 521 g/mol. The first kappa shape index (κ1) is 23.9. The number of hydrogen-bond acceptors (Lipinski definition) is 2. The first-order valence-corrected chi connectivity index (χ1v) is 12.1. The van der Waals surface area contributed by atoms with Crippen LogP contribution in [0.25, 0.3) is 22.4 Å². The second-order valence-corrected chi connectivity index (χ2v) is 9.35. The van der Waals surface area contributed by atoms with Gasteiger partial charge >= 0.3 is 0 Å². The molecule has 170 valence electrons. The number of aromatic nitrogens is 2. The van der Waals surface area contributed by atoms with Gasteiger partial charge in [0.15, 0.2) is 0 Å². The van der Waals surface area contributed by atoms with E-state index in [4.69, 9.17) is 51.4 Å². The molecule has 3 aromatic carbocycles. The molecule has 1 heterocycles. The quantitative estimate of drug-likeness (QED) is 0.268. The summed E-state index contributed by atoms with van der Waals surface area (Å²) in [5.74, 6) is 0.588. The lowest BCUT2D eigenvalue weighted by atomic mass is 10.1. The highest BCUT2D eigenvalue weighted by atomic mass is 35.5. The van der Waals surface area contributed by atoms with Crippen LogP contribution >= 0.6 is 46.4 Å². The minimum absolute atomic E-state index is 0.206. The zero-order chi connectivity index (χ0) is 23.5. The number of hydrogen-bond donors (Lipinski definition) is 1. The Kier molecular flexibility index (Phi) is 7.50. The molecule has 0 atom stereocenters. The maximum absolute atomic E-state index is 12.8. The Morgan fingerprint density at radius 2 is 1.76 bits per heavy atom. The van der Waals surface area contributed by atoms with Crippen molar-refractivity contribution in [1.29, 1.82) is 0 Å². The summed E-state index contributed by atoms with van der Waals surface area (Å²) in [4.78, 5) is 17.6. The zero-order valence-corrected chi connectivity index (χ0v) is 20.9. The van der Waals surface area contributed by atoms with Crippen LogP contribution in [-0.4, -0.2) is 15.5 Å². The van der Waals surface area contributed by atoms with Crippen molar-refractivity contribution in [2.45, 2.75) is 32.9 Å². The Labute approximate surface area is 212 Å². The van der Waals surface area contributed by atoms with Crippen molar-refractivity contribution >= 4 is 63.3 Å². The molecule has 0 radical (unpaired) electrons. The molecule has 0 fully saturated rings. The number of unbranched alkanes of at least 4 members (excludes halogenated alkanes) is 1. The Balaban J connectivity index is 1.64. The summed E-state index contributed by atoms with van der Waals surface area (Å²) in [6.45, 7) is 3.25. The fourth-order valence-electron chi connectivity index (χ4n) is 3.61. The lowest BCUT2D eigenvalue weighted by Gasteiger charge is -2.10. The fourth-order valence-corrected chi connectivity index (χ4v) is 4.39. The Bertz CT molecular complexity index is 1330. The minimum atomic E-state index is -0.206. The van der Waals surface area contributed by atoms with Gasteiger partial charge in [0.25, 0.3) is 5.91 Å². The second kappa shape index (κ2) is 10.4. The smallest absolute Gasteiger partial charge is 0.251 e. The molecule has 33 heavy (non-hydrogen) atoms. The van der Waals surface area contributed by atoms with Gasteiger partial charge in [0.1, 0.15) is 5.82 Å². The number of benzene rings is 3. The van der Waals surface area contributed by atoms with Gasteiger partial charge in [-0.05, 0) is 60.5 Å². The first-order chi connectivity index (χ1) is 15.9.